The first-order valence-corrected chi connectivity index (χ1v) is 9.89. The number of benzene rings is 1. The topological polar surface area (TPSA) is 49.9 Å². The van der Waals surface area contributed by atoms with Gasteiger partial charge in [-0.25, -0.2) is 0 Å². The molecule has 5 heteroatoms. The number of carbonyl (C=O) groups is 2. The van der Waals surface area contributed by atoms with Gasteiger partial charge in [0, 0.05) is 37.7 Å². The van der Waals surface area contributed by atoms with Crippen LogP contribution in [0.2, 0.25) is 0 Å². The molecule has 2 aliphatic heterocycles. The van der Waals surface area contributed by atoms with E-state index in [9.17, 15) is 9.59 Å². The van der Waals surface area contributed by atoms with Gasteiger partial charge in [0.1, 0.15) is 5.75 Å². The van der Waals surface area contributed by atoms with Gasteiger partial charge < -0.3 is 14.5 Å². The smallest absolute Gasteiger partial charge is 0.253 e. The maximum Gasteiger partial charge on any atom is 0.253 e. The fraction of sp³-hybridized carbons (Fsp3) is 0.619. The van der Waals surface area contributed by atoms with E-state index < -0.39 is 0 Å². The largest absolute Gasteiger partial charge is 0.494 e. The third-order valence-corrected chi connectivity index (χ3v) is 5.49. The molecule has 0 saturated carbocycles. The van der Waals surface area contributed by atoms with Crippen molar-refractivity contribution in [3.8, 4) is 5.75 Å². The lowest BCUT2D eigenvalue weighted by molar-refractivity contribution is -0.138. The van der Waals surface area contributed by atoms with Crippen molar-refractivity contribution in [3.05, 3.63) is 29.8 Å². The molecule has 0 aliphatic carbocycles. The van der Waals surface area contributed by atoms with Crippen LogP contribution in [0.4, 0.5) is 0 Å². The van der Waals surface area contributed by atoms with Crippen molar-refractivity contribution in [2.75, 3.05) is 32.8 Å². The van der Waals surface area contributed by atoms with Crippen LogP contribution in [0.3, 0.4) is 0 Å². The standard InChI is InChI=1S/C21H30N2O3/c1-3-26-19-8-4-7-18(14-19)21(25)22-12-9-17(10-13-22)20(24)23-11-5-6-16(2)15-23/h4,7-8,14,16-17H,3,5-6,9-13,15H2,1-2H3. The minimum Gasteiger partial charge on any atom is -0.494 e. The van der Waals surface area contributed by atoms with E-state index in [-0.39, 0.29) is 11.8 Å². The van der Waals surface area contributed by atoms with Crippen LogP contribution in [0, 0.1) is 11.8 Å². The molecular formula is C21H30N2O3. The summed E-state index contributed by atoms with van der Waals surface area (Å²) in [5.74, 6) is 1.72. The molecule has 1 unspecified atom stereocenters. The molecule has 1 aromatic rings. The summed E-state index contributed by atoms with van der Waals surface area (Å²) in [7, 11) is 0. The molecule has 0 N–H and O–H groups in total. The van der Waals surface area contributed by atoms with Gasteiger partial charge in [-0.15, -0.1) is 0 Å². The fourth-order valence-corrected chi connectivity index (χ4v) is 4.05. The zero-order valence-electron chi connectivity index (χ0n) is 15.9. The molecule has 26 heavy (non-hydrogen) atoms. The van der Waals surface area contributed by atoms with Crippen molar-refractivity contribution in [3.63, 3.8) is 0 Å². The summed E-state index contributed by atoms with van der Waals surface area (Å²) in [5.41, 5.74) is 0.658. The lowest BCUT2D eigenvalue weighted by Crippen LogP contribution is -2.47. The number of amides is 2. The lowest BCUT2D eigenvalue weighted by Gasteiger charge is -2.37. The summed E-state index contributed by atoms with van der Waals surface area (Å²) in [6, 6.07) is 7.35. The van der Waals surface area contributed by atoms with Crippen LogP contribution < -0.4 is 4.74 Å². The summed E-state index contributed by atoms with van der Waals surface area (Å²) in [4.78, 5) is 29.4. The summed E-state index contributed by atoms with van der Waals surface area (Å²) in [6.07, 6.45) is 3.86. The van der Waals surface area contributed by atoms with Crippen molar-refractivity contribution in [1.29, 1.82) is 0 Å². The Hall–Kier alpha value is -2.04. The number of carbonyl (C=O) groups excluding carboxylic acids is 2. The van der Waals surface area contributed by atoms with Crippen LogP contribution in [-0.4, -0.2) is 54.4 Å². The Morgan fingerprint density at radius 3 is 2.58 bits per heavy atom. The molecule has 0 spiro atoms. The quantitative estimate of drug-likeness (QED) is 0.830. The molecule has 2 saturated heterocycles. The second-order valence-electron chi connectivity index (χ2n) is 7.56. The minimum atomic E-state index is 0.0315. The van der Waals surface area contributed by atoms with Gasteiger partial charge in [-0.05, 0) is 56.7 Å². The van der Waals surface area contributed by atoms with E-state index in [1.54, 1.807) is 6.07 Å². The van der Waals surface area contributed by atoms with E-state index in [0.717, 1.165) is 38.1 Å². The van der Waals surface area contributed by atoms with Crippen molar-refractivity contribution in [2.45, 2.75) is 39.5 Å². The van der Waals surface area contributed by atoms with Crippen LogP contribution in [-0.2, 0) is 4.79 Å². The van der Waals surface area contributed by atoms with Crippen molar-refractivity contribution >= 4 is 11.8 Å². The summed E-state index contributed by atoms with van der Waals surface area (Å²) in [5, 5.41) is 0. The average Bonchev–Trinajstić information content (AvgIpc) is 2.67. The average molecular weight is 358 g/mol. The summed E-state index contributed by atoms with van der Waals surface area (Å²) in [6.45, 7) is 7.82. The molecular weight excluding hydrogens is 328 g/mol. The molecule has 1 atom stereocenters. The van der Waals surface area contributed by atoms with Gasteiger partial charge in [0.05, 0.1) is 6.61 Å². The number of piperidine rings is 2. The van der Waals surface area contributed by atoms with Crippen molar-refractivity contribution < 1.29 is 14.3 Å². The zero-order valence-corrected chi connectivity index (χ0v) is 15.9. The Balaban J connectivity index is 1.55. The van der Waals surface area contributed by atoms with E-state index in [0.29, 0.717) is 37.1 Å². The molecule has 0 bridgehead atoms. The van der Waals surface area contributed by atoms with E-state index in [1.165, 1.54) is 6.42 Å². The van der Waals surface area contributed by atoms with E-state index >= 15 is 0 Å². The fourth-order valence-electron chi connectivity index (χ4n) is 4.05. The Morgan fingerprint density at radius 1 is 1.12 bits per heavy atom. The highest BCUT2D eigenvalue weighted by Gasteiger charge is 2.32. The lowest BCUT2D eigenvalue weighted by atomic mass is 9.92. The van der Waals surface area contributed by atoms with Gasteiger partial charge in [0.2, 0.25) is 5.91 Å². The summed E-state index contributed by atoms with van der Waals surface area (Å²) >= 11 is 0. The molecule has 0 aromatic heterocycles. The van der Waals surface area contributed by atoms with Crippen LogP contribution >= 0.6 is 0 Å². The third kappa shape index (κ3) is 4.37. The van der Waals surface area contributed by atoms with E-state index in [1.807, 2.05) is 34.9 Å². The van der Waals surface area contributed by atoms with Gasteiger partial charge in [-0.3, -0.25) is 9.59 Å². The van der Waals surface area contributed by atoms with Gasteiger partial charge in [0.15, 0.2) is 0 Å². The normalized spacial score (nSPS) is 21.5. The zero-order chi connectivity index (χ0) is 18.5. The second-order valence-corrected chi connectivity index (χ2v) is 7.56. The number of hydrogen-bond acceptors (Lipinski definition) is 3. The maximum absolute atomic E-state index is 12.8. The Labute approximate surface area is 156 Å². The van der Waals surface area contributed by atoms with Crippen molar-refractivity contribution in [2.24, 2.45) is 11.8 Å². The van der Waals surface area contributed by atoms with E-state index in [4.69, 9.17) is 4.74 Å². The molecule has 2 fully saturated rings. The van der Waals surface area contributed by atoms with Gasteiger partial charge in [-0.2, -0.15) is 0 Å². The third-order valence-electron chi connectivity index (χ3n) is 5.49. The second kappa shape index (κ2) is 8.56. The number of ether oxygens (including phenoxy) is 1. The number of hydrogen-bond donors (Lipinski definition) is 0. The molecule has 1 aromatic carbocycles. The highest BCUT2D eigenvalue weighted by Crippen LogP contribution is 2.25. The van der Waals surface area contributed by atoms with Crippen LogP contribution in [0.15, 0.2) is 24.3 Å². The molecule has 5 nitrogen and oxygen atoms in total. The number of rotatable bonds is 4. The Bertz CT molecular complexity index is 638. The Kier molecular flexibility index (Phi) is 6.17. The summed E-state index contributed by atoms with van der Waals surface area (Å²) < 4.78 is 5.49. The SMILES string of the molecule is CCOc1cccc(C(=O)N2CCC(C(=O)N3CCCC(C)C3)CC2)c1. The number of likely N-dealkylation sites (tertiary alicyclic amines) is 2. The molecule has 0 radical (unpaired) electrons. The van der Waals surface area contributed by atoms with Gasteiger partial charge >= 0.3 is 0 Å². The molecule has 3 rings (SSSR count). The first-order valence-electron chi connectivity index (χ1n) is 9.89. The van der Waals surface area contributed by atoms with E-state index in [2.05, 4.69) is 6.92 Å². The number of nitrogens with zero attached hydrogens (tertiary/aromatic N) is 2. The predicted molar refractivity (Wildman–Crippen MR) is 101 cm³/mol. The van der Waals surface area contributed by atoms with Gasteiger partial charge in [0.25, 0.3) is 5.91 Å². The van der Waals surface area contributed by atoms with Crippen LogP contribution in [0.1, 0.15) is 49.9 Å². The maximum atomic E-state index is 12.8. The molecule has 2 amide bonds. The first-order chi connectivity index (χ1) is 12.6. The molecule has 2 heterocycles. The monoisotopic (exact) mass is 358 g/mol. The van der Waals surface area contributed by atoms with Gasteiger partial charge in [-0.1, -0.05) is 13.0 Å². The first kappa shape index (κ1) is 18.7. The Morgan fingerprint density at radius 2 is 1.88 bits per heavy atom. The van der Waals surface area contributed by atoms with Crippen LogP contribution in [0.25, 0.3) is 0 Å². The highest BCUT2D eigenvalue weighted by molar-refractivity contribution is 5.94. The molecule has 142 valence electrons. The molecule has 2 aliphatic rings. The minimum absolute atomic E-state index is 0.0315. The van der Waals surface area contributed by atoms with Crippen LogP contribution in [0.5, 0.6) is 5.75 Å². The van der Waals surface area contributed by atoms with Crippen molar-refractivity contribution in [1.82, 2.24) is 9.80 Å². The highest BCUT2D eigenvalue weighted by atomic mass is 16.5. The predicted octanol–water partition coefficient (Wildman–Crippen LogP) is 3.20.